The van der Waals surface area contributed by atoms with Crippen LogP contribution < -0.4 is 5.32 Å². The summed E-state index contributed by atoms with van der Waals surface area (Å²) >= 11 is 0. The molecular formula is C7H15NO2. The average molecular weight is 145 g/mol. The molecule has 0 heterocycles. The lowest BCUT2D eigenvalue weighted by atomic mass is 10.2. The van der Waals surface area contributed by atoms with Crippen LogP contribution in [0, 0.1) is 0 Å². The van der Waals surface area contributed by atoms with E-state index in [4.69, 9.17) is 5.11 Å². The van der Waals surface area contributed by atoms with E-state index in [1.54, 1.807) is 0 Å². The highest BCUT2D eigenvalue weighted by atomic mass is 16.3. The van der Waals surface area contributed by atoms with Crippen LogP contribution in [0.4, 0.5) is 0 Å². The first kappa shape index (κ1) is 9.43. The maximum Gasteiger partial charge on any atom is 0.221 e. The van der Waals surface area contributed by atoms with Crippen LogP contribution in [-0.4, -0.2) is 17.2 Å². The van der Waals surface area contributed by atoms with Crippen molar-refractivity contribution in [1.29, 1.82) is 0 Å². The van der Waals surface area contributed by atoms with E-state index in [-0.39, 0.29) is 5.91 Å². The number of nitrogens with one attached hydrogen (secondary N) is 1. The molecule has 0 aromatic carbocycles. The first-order chi connectivity index (χ1) is 4.66. The third kappa shape index (κ3) is 5.56. The first-order valence-electron chi connectivity index (χ1n) is 3.64. The molecule has 1 amide bonds. The number of amides is 1. The van der Waals surface area contributed by atoms with Gasteiger partial charge >= 0.3 is 0 Å². The van der Waals surface area contributed by atoms with Gasteiger partial charge in [-0.05, 0) is 13.3 Å². The van der Waals surface area contributed by atoms with Gasteiger partial charge in [-0.1, -0.05) is 13.3 Å². The van der Waals surface area contributed by atoms with Crippen molar-refractivity contribution in [2.75, 3.05) is 0 Å². The number of unbranched alkanes of at least 4 members (excludes halogenated alkanes) is 1. The van der Waals surface area contributed by atoms with E-state index < -0.39 is 6.23 Å². The van der Waals surface area contributed by atoms with E-state index >= 15 is 0 Å². The molecule has 3 heteroatoms. The zero-order chi connectivity index (χ0) is 7.98. The molecule has 0 aliphatic carbocycles. The molecule has 3 nitrogen and oxygen atoms in total. The van der Waals surface area contributed by atoms with Crippen molar-refractivity contribution >= 4 is 5.91 Å². The summed E-state index contributed by atoms with van der Waals surface area (Å²) in [5.74, 6) is -0.0724. The summed E-state index contributed by atoms with van der Waals surface area (Å²) in [7, 11) is 0. The summed E-state index contributed by atoms with van der Waals surface area (Å²) in [5.41, 5.74) is 0. The Hall–Kier alpha value is -0.570. The van der Waals surface area contributed by atoms with E-state index in [9.17, 15) is 4.79 Å². The van der Waals surface area contributed by atoms with Gasteiger partial charge in [-0.15, -0.1) is 0 Å². The Labute approximate surface area is 61.4 Å². The van der Waals surface area contributed by atoms with Gasteiger partial charge in [0.1, 0.15) is 6.23 Å². The van der Waals surface area contributed by atoms with E-state index in [1.807, 2.05) is 6.92 Å². The topological polar surface area (TPSA) is 49.3 Å². The molecule has 2 N–H and O–H groups in total. The Bertz CT molecular complexity index is 102. The molecule has 0 aromatic rings. The van der Waals surface area contributed by atoms with E-state index in [0.717, 1.165) is 12.8 Å². The number of aliphatic hydroxyl groups is 1. The minimum Gasteiger partial charge on any atom is -0.374 e. The molecule has 0 aromatic heterocycles. The molecule has 60 valence electrons. The van der Waals surface area contributed by atoms with Gasteiger partial charge in [-0.2, -0.15) is 0 Å². The smallest absolute Gasteiger partial charge is 0.221 e. The zero-order valence-corrected chi connectivity index (χ0v) is 6.55. The molecule has 0 bridgehead atoms. The van der Waals surface area contributed by atoms with Gasteiger partial charge in [-0.25, -0.2) is 0 Å². The first-order valence-corrected chi connectivity index (χ1v) is 3.64. The van der Waals surface area contributed by atoms with Gasteiger partial charge < -0.3 is 10.4 Å². The molecule has 1 unspecified atom stereocenters. The van der Waals surface area contributed by atoms with Crippen LogP contribution in [0.15, 0.2) is 0 Å². The molecule has 0 radical (unpaired) electrons. The number of carbonyl (C=O) groups excluding carboxylic acids is 1. The van der Waals surface area contributed by atoms with Gasteiger partial charge in [0.15, 0.2) is 0 Å². The Kier molecular flexibility index (Phi) is 4.94. The van der Waals surface area contributed by atoms with Crippen molar-refractivity contribution in [1.82, 2.24) is 5.32 Å². The monoisotopic (exact) mass is 145 g/mol. The molecule has 1 atom stereocenters. The van der Waals surface area contributed by atoms with Gasteiger partial charge in [0, 0.05) is 6.42 Å². The molecule has 0 aliphatic rings. The van der Waals surface area contributed by atoms with Crippen LogP contribution >= 0.6 is 0 Å². The van der Waals surface area contributed by atoms with Crippen LogP contribution in [-0.2, 0) is 4.79 Å². The fourth-order valence-electron chi connectivity index (χ4n) is 0.642. The lowest BCUT2D eigenvalue weighted by Crippen LogP contribution is -2.31. The molecule has 0 rings (SSSR count). The summed E-state index contributed by atoms with van der Waals surface area (Å²) in [6.45, 7) is 3.56. The van der Waals surface area contributed by atoms with E-state index in [0.29, 0.717) is 6.42 Å². The summed E-state index contributed by atoms with van der Waals surface area (Å²) in [5, 5.41) is 11.1. The number of carbonyl (C=O) groups is 1. The zero-order valence-electron chi connectivity index (χ0n) is 6.55. The van der Waals surface area contributed by atoms with Gasteiger partial charge in [0.2, 0.25) is 5.91 Å². The van der Waals surface area contributed by atoms with Gasteiger partial charge in [-0.3, -0.25) is 4.79 Å². The molecule has 10 heavy (non-hydrogen) atoms. The summed E-state index contributed by atoms with van der Waals surface area (Å²) in [6, 6.07) is 0. The maximum atomic E-state index is 10.7. The van der Waals surface area contributed by atoms with Gasteiger partial charge in [0.05, 0.1) is 0 Å². The summed E-state index contributed by atoms with van der Waals surface area (Å²) in [6.07, 6.45) is 1.69. The average Bonchev–Trinajstić information content (AvgIpc) is 1.82. The van der Waals surface area contributed by atoms with Crippen LogP contribution in [0.5, 0.6) is 0 Å². The second kappa shape index (κ2) is 5.23. The fraction of sp³-hybridized carbons (Fsp3) is 0.857. The van der Waals surface area contributed by atoms with Crippen LogP contribution in [0.3, 0.4) is 0 Å². The lowest BCUT2D eigenvalue weighted by molar-refractivity contribution is -0.123. The predicted octanol–water partition coefficient (Wildman–Crippen LogP) is 0.631. The second-order valence-corrected chi connectivity index (χ2v) is 2.35. The van der Waals surface area contributed by atoms with Crippen molar-refractivity contribution in [3.8, 4) is 0 Å². The second-order valence-electron chi connectivity index (χ2n) is 2.35. The van der Waals surface area contributed by atoms with Crippen molar-refractivity contribution in [2.24, 2.45) is 0 Å². The van der Waals surface area contributed by atoms with Crippen molar-refractivity contribution in [3.63, 3.8) is 0 Å². The summed E-state index contributed by atoms with van der Waals surface area (Å²) < 4.78 is 0. The molecule has 0 aliphatic heterocycles. The Morgan fingerprint density at radius 1 is 1.70 bits per heavy atom. The van der Waals surface area contributed by atoms with Crippen molar-refractivity contribution in [2.45, 2.75) is 39.3 Å². The minimum atomic E-state index is -0.718. The molecule has 0 saturated heterocycles. The highest BCUT2D eigenvalue weighted by Gasteiger charge is 2.01. The highest BCUT2D eigenvalue weighted by Crippen LogP contribution is 1.92. The Morgan fingerprint density at radius 3 is 2.70 bits per heavy atom. The molecule has 0 fully saturated rings. The van der Waals surface area contributed by atoms with Crippen LogP contribution in [0.2, 0.25) is 0 Å². The van der Waals surface area contributed by atoms with Crippen molar-refractivity contribution in [3.05, 3.63) is 0 Å². The number of aliphatic hydroxyl groups excluding tert-OH is 1. The quantitative estimate of drug-likeness (QED) is 0.570. The van der Waals surface area contributed by atoms with Crippen LogP contribution in [0.1, 0.15) is 33.1 Å². The third-order valence-corrected chi connectivity index (χ3v) is 1.13. The highest BCUT2D eigenvalue weighted by molar-refractivity contribution is 5.75. The molecular weight excluding hydrogens is 130 g/mol. The third-order valence-electron chi connectivity index (χ3n) is 1.13. The lowest BCUT2D eigenvalue weighted by Gasteiger charge is -2.05. The van der Waals surface area contributed by atoms with E-state index in [2.05, 4.69) is 5.32 Å². The van der Waals surface area contributed by atoms with Gasteiger partial charge in [0.25, 0.3) is 0 Å². The van der Waals surface area contributed by atoms with Crippen molar-refractivity contribution < 1.29 is 9.90 Å². The normalized spacial score (nSPS) is 12.7. The van der Waals surface area contributed by atoms with E-state index in [1.165, 1.54) is 6.92 Å². The maximum absolute atomic E-state index is 10.7. The summed E-state index contributed by atoms with van der Waals surface area (Å²) in [4.78, 5) is 10.7. The molecule has 0 spiro atoms. The molecule has 0 saturated carbocycles. The number of rotatable bonds is 4. The fourth-order valence-corrected chi connectivity index (χ4v) is 0.642. The Balaban J connectivity index is 3.26. The Morgan fingerprint density at radius 2 is 2.30 bits per heavy atom. The number of hydrogen-bond acceptors (Lipinski definition) is 2. The largest absolute Gasteiger partial charge is 0.374 e. The standard InChI is InChI=1S/C7H15NO2/c1-3-4-5-7(10)8-6(2)9/h6,9H,3-5H2,1-2H3,(H,8,10). The number of hydrogen-bond donors (Lipinski definition) is 2. The SMILES string of the molecule is CCCCC(=O)NC(C)O. The minimum absolute atomic E-state index is 0.0724. The van der Waals surface area contributed by atoms with Crippen LogP contribution in [0.25, 0.3) is 0 Å². The predicted molar refractivity (Wildman–Crippen MR) is 39.3 cm³/mol.